The molecule has 0 bridgehead atoms. The van der Waals surface area contributed by atoms with Gasteiger partial charge in [-0.3, -0.25) is 4.90 Å². The highest BCUT2D eigenvalue weighted by Gasteiger charge is 2.20. The van der Waals surface area contributed by atoms with E-state index < -0.39 is 0 Å². The average molecular weight is 289 g/mol. The highest BCUT2D eigenvalue weighted by molar-refractivity contribution is 5.74. The Morgan fingerprint density at radius 1 is 1.19 bits per heavy atom. The Balaban J connectivity index is 1.74. The minimum Gasteiger partial charge on any atom is -0.334 e. The van der Waals surface area contributed by atoms with Gasteiger partial charge in [0.15, 0.2) is 0 Å². The summed E-state index contributed by atoms with van der Waals surface area (Å²) in [6, 6.07) is 8.25. The van der Waals surface area contributed by atoms with Crippen molar-refractivity contribution in [3.63, 3.8) is 0 Å². The first-order valence-electron chi connectivity index (χ1n) is 8.00. The second-order valence-electron chi connectivity index (χ2n) is 5.77. The Labute approximate surface area is 128 Å². The van der Waals surface area contributed by atoms with Crippen LogP contribution in [0.2, 0.25) is 0 Å². The lowest BCUT2D eigenvalue weighted by Crippen LogP contribution is -2.51. The molecule has 4 heteroatoms. The number of aryl methyl sites for hydroxylation is 1. The predicted octanol–water partition coefficient (Wildman–Crippen LogP) is 2.62. The molecule has 0 aromatic heterocycles. The van der Waals surface area contributed by atoms with Crippen molar-refractivity contribution in [1.82, 2.24) is 15.1 Å². The fourth-order valence-corrected chi connectivity index (χ4v) is 2.65. The SMILES string of the molecule is CCCCN1CCN(C(=O)NCc2ccccc2C)CC1. The maximum Gasteiger partial charge on any atom is 0.317 e. The van der Waals surface area contributed by atoms with Crippen molar-refractivity contribution >= 4 is 6.03 Å². The molecule has 2 amide bonds. The molecule has 1 aromatic rings. The van der Waals surface area contributed by atoms with Crippen molar-refractivity contribution in [2.45, 2.75) is 33.2 Å². The van der Waals surface area contributed by atoms with Gasteiger partial charge in [0, 0.05) is 32.7 Å². The lowest BCUT2D eigenvalue weighted by Gasteiger charge is -2.34. The Hall–Kier alpha value is -1.55. The summed E-state index contributed by atoms with van der Waals surface area (Å²) in [5.74, 6) is 0. The molecule has 116 valence electrons. The molecule has 1 heterocycles. The summed E-state index contributed by atoms with van der Waals surface area (Å²) < 4.78 is 0. The summed E-state index contributed by atoms with van der Waals surface area (Å²) in [5, 5.41) is 3.04. The third-order valence-electron chi connectivity index (χ3n) is 4.18. The summed E-state index contributed by atoms with van der Waals surface area (Å²) in [6.07, 6.45) is 2.48. The van der Waals surface area contributed by atoms with Gasteiger partial charge < -0.3 is 10.2 Å². The van der Waals surface area contributed by atoms with Crippen LogP contribution in [0.25, 0.3) is 0 Å². The molecule has 0 atom stereocenters. The number of urea groups is 1. The first-order chi connectivity index (χ1) is 10.2. The quantitative estimate of drug-likeness (QED) is 0.904. The van der Waals surface area contributed by atoms with Crippen molar-refractivity contribution < 1.29 is 4.79 Å². The molecule has 1 aliphatic rings. The third-order valence-corrected chi connectivity index (χ3v) is 4.18. The number of nitrogens with one attached hydrogen (secondary N) is 1. The number of unbranched alkanes of at least 4 members (excludes halogenated alkanes) is 1. The van der Waals surface area contributed by atoms with Crippen molar-refractivity contribution in [3.8, 4) is 0 Å². The van der Waals surface area contributed by atoms with Gasteiger partial charge >= 0.3 is 6.03 Å². The topological polar surface area (TPSA) is 35.6 Å². The number of piperazine rings is 1. The van der Waals surface area contributed by atoms with Gasteiger partial charge in [-0.1, -0.05) is 37.6 Å². The van der Waals surface area contributed by atoms with Crippen LogP contribution in [-0.4, -0.2) is 48.6 Å². The van der Waals surface area contributed by atoms with Crippen LogP contribution in [-0.2, 0) is 6.54 Å². The maximum atomic E-state index is 12.2. The molecule has 21 heavy (non-hydrogen) atoms. The highest BCUT2D eigenvalue weighted by Crippen LogP contribution is 2.07. The molecule has 0 radical (unpaired) electrons. The zero-order valence-electron chi connectivity index (χ0n) is 13.3. The maximum absolute atomic E-state index is 12.2. The van der Waals surface area contributed by atoms with E-state index in [2.05, 4.69) is 36.2 Å². The molecule has 0 aliphatic carbocycles. The first kappa shape index (κ1) is 15.8. The Morgan fingerprint density at radius 3 is 2.57 bits per heavy atom. The van der Waals surface area contributed by atoms with Crippen LogP contribution in [0.3, 0.4) is 0 Å². The number of carbonyl (C=O) groups excluding carboxylic acids is 1. The van der Waals surface area contributed by atoms with E-state index in [9.17, 15) is 4.79 Å². The molecule has 4 nitrogen and oxygen atoms in total. The van der Waals surface area contributed by atoms with Gasteiger partial charge in [0.2, 0.25) is 0 Å². The van der Waals surface area contributed by atoms with Crippen LogP contribution in [0, 0.1) is 6.92 Å². The largest absolute Gasteiger partial charge is 0.334 e. The van der Waals surface area contributed by atoms with Crippen molar-refractivity contribution in [3.05, 3.63) is 35.4 Å². The van der Waals surface area contributed by atoms with E-state index in [1.165, 1.54) is 24.0 Å². The fourth-order valence-electron chi connectivity index (χ4n) is 2.65. The van der Waals surface area contributed by atoms with E-state index in [0.717, 1.165) is 32.7 Å². The lowest BCUT2D eigenvalue weighted by molar-refractivity contribution is 0.138. The van der Waals surface area contributed by atoms with E-state index in [1.54, 1.807) is 0 Å². The van der Waals surface area contributed by atoms with E-state index >= 15 is 0 Å². The van der Waals surface area contributed by atoms with Crippen LogP contribution < -0.4 is 5.32 Å². The summed E-state index contributed by atoms with van der Waals surface area (Å²) in [4.78, 5) is 16.6. The molecule has 1 N–H and O–H groups in total. The summed E-state index contributed by atoms with van der Waals surface area (Å²) in [7, 11) is 0. The standard InChI is InChI=1S/C17H27N3O/c1-3-4-9-19-10-12-20(13-11-19)17(21)18-14-16-8-6-5-7-15(16)2/h5-8H,3-4,9-14H2,1-2H3,(H,18,21). The van der Waals surface area contributed by atoms with Gasteiger partial charge in [-0.15, -0.1) is 0 Å². The van der Waals surface area contributed by atoms with Crippen LogP contribution in [0.1, 0.15) is 30.9 Å². The van der Waals surface area contributed by atoms with Crippen LogP contribution in [0.5, 0.6) is 0 Å². The number of carbonyl (C=O) groups is 1. The van der Waals surface area contributed by atoms with Crippen molar-refractivity contribution in [2.24, 2.45) is 0 Å². The highest BCUT2D eigenvalue weighted by atomic mass is 16.2. The monoisotopic (exact) mass is 289 g/mol. The third kappa shape index (κ3) is 4.74. The second-order valence-corrected chi connectivity index (χ2v) is 5.77. The average Bonchev–Trinajstić information content (AvgIpc) is 2.52. The molecule has 0 saturated carbocycles. The summed E-state index contributed by atoms with van der Waals surface area (Å²) >= 11 is 0. The smallest absolute Gasteiger partial charge is 0.317 e. The summed E-state index contributed by atoms with van der Waals surface area (Å²) in [6.45, 7) is 9.74. The van der Waals surface area contributed by atoms with Gasteiger partial charge in [-0.25, -0.2) is 4.79 Å². The molecular formula is C17H27N3O. The van der Waals surface area contributed by atoms with Crippen molar-refractivity contribution in [2.75, 3.05) is 32.7 Å². The Morgan fingerprint density at radius 2 is 1.90 bits per heavy atom. The molecule has 1 saturated heterocycles. The number of hydrogen-bond acceptors (Lipinski definition) is 2. The number of nitrogens with zero attached hydrogens (tertiary/aromatic N) is 2. The Bertz CT molecular complexity index is 453. The van der Waals surface area contributed by atoms with Gasteiger partial charge in [-0.05, 0) is 31.0 Å². The molecule has 0 spiro atoms. The van der Waals surface area contributed by atoms with E-state index in [0.29, 0.717) is 6.54 Å². The molecule has 0 unspecified atom stereocenters. The number of benzene rings is 1. The zero-order chi connectivity index (χ0) is 15.1. The van der Waals surface area contributed by atoms with Crippen LogP contribution in [0.4, 0.5) is 4.79 Å². The minimum absolute atomic E-state index is 0.0633. The minimum atomic E-state index is 0.0633. The molecular weight excluding hydrogens is 262 g/mol. The zero-order valence-corrected chi connectivity index (χ0v) is 13.3. The molecule has 1 aliphatic heterocycles. The van der Waals surface area contributed by atoms with E-state index in [1.807, 2.05) is 17.0 Å². The predicted molar refractivity (Wildman–Crippen MR) is 86.3 cm³/mol. The second kappa shape index (κ2) is 8.03. The van der Waals surface area contributed by atoms with Crippen LogP contribution in [0.15, 0.2) is 24.3 Å². The van der Waals surface area contributed by atoms with Gasteiger partial charge in [-0.2, -0.15) is 0 Å². The number of amides is 2. The Kier molecular flexibility index (Phi) is 6.05. The van der Waals surface area contributed by atoms with Crippen LogP contribution >= 0.6 is 0 Å². The fraction of sp³-hybridized carbons (Fsp3) is 0.588. The first-order valence-corrected chi connectivity index (χ1v) is 8.00. The summed E-state index contributed by atoms with van der Waals surface area (Å²) in [5.41, 5.74) is 2.41. The van der Waals surface area contributed by atoms with Gasteiger partial charge in [0.25, 0.3) is 0 Å². The molecule has 1 aromatic carbocycles. The van der Waals surface area contributed by atoms with E-state index in [-0.39, 0.29) is 6.03 Å². The molecule has 2 rings (SSSR count). The lowest BCUT2D eigenvalue weighted by atomic mass is 10.1. The normalized spacial score (nSPS) is 16.0. The molecule has 1 fully saturated rings. The van der Waals surface area contributed by atoms with Gasteiger partial charge in [0.05, 0.1) is 0 Å². The van der Waals surface area contributed by atoms with Crippen molar-refractivity contribution in [1.29, 1.82) is 0 Å². The number of rotatable bonds is 5. The van der Waals surface area contributed by atoms with E-state index in [4.69, 9.17) is 0 Å². The number of hydrogen-bond donors (Lipinski definition) is 1. The van der Waals surface area contributed by atoms with Gasteiger partial charge in [0.1, 0.15) is 0 Å².